The molecule has 0 aliphatic carbocycles. The third kappa shape index (κ3) is 1.71. The molecule has 0 saturated carbocycles. The molecule has 1 rings (SSSR count). The van der Waals surface area contributed by atoms with E-state index in [9.17, 15) is 4.79 Å². The van der Waals surface area contributed by atoms with E-state index >= 15 is 0 Å². The maximum atomic E-state index is 10.9. The molecule has 4 heteroatoms. The van der Waals surface area contributed by atoms with Gasteiger partial charge in [-0.15, -0.1) is 0 Å². The van der Waals surface area contributed by atoms with Gasteiger partial charge in [0.25, 0.3) is 0 Å². The van der Waals surface area contributed by atoms with Gasteiger partial charge < -0.3 is 9.67 Å². The van der Waals surface area contributed by atoms with Crippen LogP contribution in [-0.4, -0.2) is 20.6 Å². The van der Waals surface area contributed by atoms with E-state index in [-0.39, 0.29) is 0 Å². The van der Waals surface area contributed by atoms with E-state index in [0.717, 1.165) is 11.5 Å². The Kier molecular flexibility index (Phi) is 2.70. The average molecular weight is 182 g/mol. The van der Waals surface area contributed by atoms with Gasteiger partial charge in [0.15, 0.2) is 0 Å². The van der Waals surface area contributed by atoms with Gasteiger partial charge in [-0.1, -0.05) is 6.92 Å². The molecule has 0 aliphatic heterocycles. The Hall–Kier alpha value is -1.32. The van der Waals surface area contributed by atoms with E-state index in [0.29, 0.717) is 6.42 Å². The van der Waals surface area contributed by atoms with Crippen LogP contribution in [0.25, 0.3) is 0 Å². The van der Waals surface area contributed by atoms with E-state index in [2.05, 4.69) is 4.98 Å². The van der Waals surface area contributed by atoms with Crippen LogP contribution in [0.2, 0.25) is 0 Å². The molecule has 0 fully saturated rings. The van der Waals surface area contributed by atoms with Crippen LogP contribution in [-0.2, 0) is 11.8 Å². The fourth-order valence-electron chi connectivity index (χ4n) is 1.35. The van der Waals surface area contributed by atoms with Crippen molar-refractivity contribution < 1.29 is 9.90 Å². The van der Waals surface area contributed by atoms with E-state index in [4.69, 9.17) is 5.11 Å². The second kappa shape index (κ2) is 3.60. The number of carboxylic acids is 1. The van der Waals surface area contributed by atoms with Gasteiger partial charge in [-0.05, 0) is 13.3 Å². The van der Waals surface area contributed by atoms with Crippen molar-refractivity contribution in [3.8, 4) is 0 Å². The molecule has 0 saturated heterocycles. The van der Waals surface area contributed by atoms with Crippen molar-refractivity contribution in [1.29, 1.82) is 0 Å². The Morgan fingerprint density at radius 1 is 1.77 bits per heavy atom. The SMILES string of the molecule is CCC(C(=O)O)c1cnc(C)n1C. The summed E-state index contributed by atoms with van der Waals surface area (Å²) in [6, 6.07) is 0. The summed E-state index contributed by atoms with van der Waals surface area (Å²) in [5.74, 6) is -0.383. The predicted molar refractivity (Wildman–Crippen MR) is 48.6 cm³/mol. The molecule has 0 aromatic carbocycles. The molecular weight excluding hydrogens is 168 g/mol. The van der Waals surface area contributed by atoms with Gasteiger partial charge in [-0.3, -0.25) is 4.79 Å². The number of hydrogen-bond acceptors (Lipinski definition) is 2. The lowest BCUT2D eigenvalue weighted by molar-refractivity contribution is -0.139. The molecule has 72 valence electrons. The maximum Gasteiger partial charge on any atom is 0.312 e. The van der Waals surface area contributed by atoms with E-state index < -0.39 is 11.9 Å². The van der Waals surface area contributed by atoms with Gasteiger partial charge >= 0.3 is 5.97 Å². The summed E-state index contributed by atoms with van der Waals surface area (Å²) in [4.78, 5) is 14.9. The summed E-state index contributed by atoms with van der Waals surface area (Å²) < 4.78 is 1.82. The summed E-state index contributed by atoms with van der Waals surface area (Å²) >= 11 is 0. The van der Waals surface area contributed by atoms with Gasteiger partial charge in [0.2, 0.25) is 0 Å². The summed E-state index contributed by atoms with van der Waals surface area (Å²) in [6.45, 7) is 3.72. The first kappa shape index (κ1) is 9.77. The number of aliphatic carboxylic acids is 1. The van der Waals surface area contributed by atoms with Crippen molar-refractivity contribution in [2.24, 2.45) is 7.05 Å². The molecule has 1 atom stereocenters. The van der Waals surface area contributed by atoms with Crippen molar-refractivity contribution in [2.75, 3.05) is 0 Å². The number of aromatic nitrogens is 2. The molecule has 4 nitrogen and oxygen atoms in total. The summed E-state index contributed by atoms with van der Waals surface area (Å²) in [5, 5.41) is 8.92. The molecule has 0 spiro atoms. The third-order valence-electron chi connectivity index (χ3n) is 2.32. The monoisotopic (exact) mass is 182 g/mol. The Balaban J connectivity index is 3.05. The Morgan fingerprint density at radius 2 is 2.38 bits per heavy atom. The lowest BCUT2D eigenvalue weighted by Gasteiger charge is -2.10. The van der Waals surface area contributed by atoms with Crippen molar-refractivity contribution in [2.45, 2.75) is 26.2 Å². The Labute approximate surface area is 77.2 Å². The molecule has 0 amide bonds. The van der Waals surface area contributed by atoms with Gasteiger partial charge in [0.05, 0.1) is 11.6 Å². The smallest absolute Gasteiger partial charge is 0.312 e. The highest BCUT2D eigenvalue weighted by molar-refractivity contribution is 5.75. The zero-order chi connectivity index (χ0) is 10.0. The number of aryl methyl sites for hydroxylation is 1. The normalized spacial score (nSPS) is 12.8. The number of nitrogens with zero attached hydrogens (tertiary/aromatic N) is 2. The summed E-state index contributed by atoms with van der Waals surface area (Å²) in [5.41, 5.74) is 0.771. The first-order chi connectivity index (χ1) is 6.07. The van der Waals surface area contributed by atoms with Crippen LogP contribution in [0, 0.1) is 6.92 Å². The van der Waals surface area contributed by atoms with Crippen molar-refractivity contribution in [3.63, 3.8) is 0 Å². The fraction of sp³-hybridized carbons (Fsp3) is 0.556. The highest BCUT2D eigenvalue weighted by Gasteiger charge is 2.21. The highest BCUT2D eigenvalue weighted by atomic mass is 16.4. The molecule has 13 heavy (non-hydrogen) atoms. The Morgan fingerprint density at radius 3 is 2.69 bits per heavy atom. The minimum absolute atomic E-state index is 0.439. The average Bonchev–Trinajstić information content (AvgIpc) is 2.37. The molecule has 0 aliphatic rings. The first-order valence-corrected chi connectivity index (χ1v) is 4.29. The standard InChI is InChI=1S/C9H14N2O2/c1-4-7(9(12)13)8-5-10-6(2)11(8)3/h5,7H,4H2,1-3H3,(H,12,13). The lowest BCUT2D eigenvalue weighted by atomic mass is 10.0. The number of hydrogen-bond donors (Lipinski definition) is 1. The van der Waals surface area contributed by atoms with Gasteiger partial charge in [-0.2, -0.15) is 0 Å². The molecule has 1 aromatic rings. The highest BCUT2D eigenvalue weighted by Crippen LogP contribution is 2.19. The lowest BCUT2D eigenvalue weighted by Crippen LogP contribution is -2.14. The second-order valence-corrected chi connectivity index (χ2v) is 3.09. The topological polar surface area (TPSA) is 55.1 Å². The second-order valence-electron chi connectivity index (χ2n) is 3.09. The van der Waals surface area contributed by atoms with E-state index in [1.54, 1.807) is 6.20 Å². The van der Waals surface area contributed by atoms with Crippen LogP contribution in [0.5, 0.6) is 0 Å². The molecule has 1 aromatic heterocycles. The van der Waals surface area contributed by atoms with Crippen LogP contribution in [0.1, 0.15) is 30.8 Å². The van der Waals surface area contributed by atoms with Crippen LogP contribution in [0.4, 0.5) is 0 Å². The maximum absolute atomic E-state index is 10.9. The Bertz CT molecular complexity index is 317. The number of rotatable bonds is 3. The molecule has 1 N–H and O–H groups in total. The fourth-order valence-corrected chi connectivity index (χ4v) is 1.35. The van der Waals surface area contributed by atoms with E-state index in [1.807, 2.05) is 25.5 Å². The van der Waals surface area contributed by atoms with Crippen molar-refractivity contribution >= 4 is 5.97 Å². The molecule has 1 heterocycles. The van der Waals surface area contributed by atoms with Crippen LogP contribution in [0.3, 0.4) is 0 Å². The van der Waals surface area contributed by atoms with Crippen LogP contribution >= 0.6 is 0 Å². The van der Waals surface area contributed by atoms with Gasteiger partial charge in [0.1, 0.15) is 5.82 Å². The zero-order valence-electron chi connectivity index (χ0n) is 8.11. The number of carboxylic acid groups (broad SMARTS) is 1. The first-order valence-electron chi connectivity index (χ1n) is 4.29. The van der Waals surface area contributed by atoms with E-state index in [1.165, 1.54) is 0 Å². The third-order valence-corrected chi connectivity index (χ3v) is 2.32. The molecule has 0 radical (unpaired) electrons. The number of carbonyl (C=O) groups is 1. The van der Waals surface area contributed by atoms with Crippen molar-refractivity contribution in [3.05, 3.63) is 17.7 Å². The quantitative estimate of drug-likeness (QED) is 0.766. The molecule has 0 bridgehead atoms. The minimum Gasteiger partial charge on any atom is -0.481 e. The predicted octanol–water partition coefficient (Wildman–Crippen LogP) is 1.31. The van der Waals surface area contributed by atoms with Crippen molar-refractivity contribution in [1.82, 2.24) is 9.55 Å². The summed E-state index contributed by atoms with van der Waals surface area (Å²) in [6.07, 6.45) is 2.23. The molecular formula is C9H14N2O2. The summed E-state index contributed by atoms with van der Waals surface area (Å²) in [7, 11) is 1.84. The van der Waals surface area contributed by atoms with Gasteiger partial charge in [0, 0.05) is 13.2 Å². The van der Waals surface area contributed by atoms with Crippen LogP contribution < -0.4 is 0 Å². The largest absolute Gasteiger partial charge is 0.481 e. The minimum atomic E-state index is -0.787. The van der Waals surface area contributed by atoms with Gasteiger partial charge in [-0.25, -0.2) is 4.98 Å². The number of imidazole rings is 1. The molecule has 1 unspecified atom stereocenters. The zero-order valence-corrected chi connectivity index (χ0v) is 8.11. The van der Waals surface area contributed by atoms with Crippen LogP contribution in [0.15, 0.2) is 6.20 Å².